The monoisotopic (exact) mass is 277 g/mol. The van der Waals surface area contributed by atoms with Crippen molar-refractivity contribution in [3.8, 4) is 11.5 Å². The summed E-state index contributed by atoms with van der Waals surface area (Å²) in [5.74, 6) is 0.879. The van der Waals surface area contributed by atoms with E-state index in [0.29, 0.717) is 23.5 Å². The third-order valence-corrected chi connectivity index (χ3v) is 3.26. The van der Waals surface area contributed by atoms with E-state index in [1.807, 2.05) is 27.8 Å². The summed E-state index contributed by atoms with van der Waals surface area (Å²) >= 11 is 0. The Bertz CT molecular complexity index is 620. The smallest absolute Gasteiger partial charge is 0.171 e. The number of hydrogen-bond acceptors (Lipinski definition) is 3. The molecule has 2 rings (SSSR count). The van der Waals surface area contributed by atoms with Crippen LogP contribution in [0.15, 0.2) is 18.2 Å². The molecule has 0 amide bonds. The van der Waals surface area contributed by atoms with Gasteiger partial charge in [0, 0.05) is 18.7 Å². The summed E-state index contributed by atoms with van der Waals surface area (Å²) in [6, 6.07) is 4.68. The molecular weight excluding hydrogens is 257 g/mol. The van der Waals surface area contributed by atoms with Crippen molar-refractivity contribution in [2.45, 2.75) is 33.2 Å². The van der Waals surface area contributed by atoms with Crippen LogP contribution in [0.3, 0.4) is 0 Å². The zero-order chi connectivity index (χ0) is 14.9. The first-order chi connectivity index (χ1) is 9.40. The van der Waals surface area contributed by atoms with Gasteiger partial charge in [-0.25, -0.2) is 4.39 Å². The van der Waals surface area contributed by atoms with Crippen LogP contribution in [-0.4, -0.2) is 15.8 Å². The second kappa shape index (κ2) is 5.63. The van der Waals surface area contributed by atoms with Crippen LogP contribution >= 0.6 is 0 Å². The molecular formula is C15H20FN3O. The van der Waals surface area contributed by atoms with Crippen LogP contribution in [0.2, 0.25) is 0 Å². The molecule has 0 fully saturated rings. The minimum absolute atomic E-state index is 0.134. The molecule has 20 heavy (non-hydrogen) atoms. The van der Waals surface area contributed by atoms with Gasteiger partial charge < -0.3 is 10.5 Å². The number of aromatic nitrogens is 2. The zero-order valence-corrected chi connectivity index (χ0v) is 12.3. The van der Waals surface area contributed by atoms with Crippen molar-refractivity contribution in [3.63, 3.8) is 0 Å². The van der Waals surface area contributed by atoms with Gasteiger partial charge in [0.25, 0.3) is 0 Å². The topological polar surface area (TPSA) is 53.1 Å². The van der Waals surface area contributed by atoms with Crippen molar-refractivity contribution < 1.29 is 9.13 Å². The Labute approximate surface area is 118 Å². The van der Waals surface area contributed by atoms with E-state index in [1.165, 1.54) is 6.07 Å². The lowest BCUT2D eigenvalue weighted by molar-refractivity contribution is 0.456. The predicted octanol–water partition coefficient (Wildman–Crippen LogP) is 2.86. The van der Waals surface area contributed by atoms with Crippen molar-refractivity contribution in [1.29, 1.82) is 0 Å². The highest BCUT2D eigenvalue weighted by Gasteiger charge is 2.16. The van der Waals surface area contributed by atoms with E-state index in [0.717, 1.165) is 11.4 Å². The summed E-state index contributed by atoms with van der Waals surface area (Å²) in [4.78, 5) is 0. The van der Waals surface area contributed by atoms with Gasteiger partial charge >= 0.3 is 0 Å². The molecule has 108 valence electrons. The van der Waals surface area contributed by atoms with Crippen LogP contribution in [0.5, 0.6) is 11.5 Å². The highest BCUT2D eigenvalue weighted by atomic mass is 19.1. The highest BCUT2D eigenvalue weighted by Crippen LogP contribution is 2.31. The molecule has 0 aliphatic carbocycles. The predicted molar refractivity (Wildman–Crippen MR) is 76.5 cm³/mol. The third kappa shape index (κ3) is 2.82. The average molecular weight is 277 g/mol. The molecule has 0 saturated carbocycles. The van der Waals surface area contributed by atoms with Gasteiger partial charge in [-0.1, -0.05) is 6.07 Å². The molecule has 0 spiro atoms. The Kier molecular flexibility index (Phi) is 4.09. The Morgan fingerprint density at radius 2 is 2.10 bits per heavy atom. The van der Waals surface area contributed by atoms with E-state index in [1.54, 1.807) is 16.8 Å². The summed E-state index contributed by atoms with van der Waals surface area (Å²) < 4.78 is 21.6. The molecule has 4 nitrogen and oxygen atoms in total. The average Bonchev–Trinajstić information content (AvgIpc) is 2.60. The summed E-state index contributed by atoms with van der Waals surface area (Å²) in [6.45, 7) is 5.63. The van der Waals surface area contributed by atoms with E-state index in [9.17, 15) is 4.39 Å². The SMILES string of the molecule is Cc1nn(C)c(C)c1Oc1cccc(F)c1CC(C)N. The maximum atomic E-state index is 14.0. The largest absolute Gasteiger partial charge is 0.453 e. The van der Waals surface area contributed by atoms with Crippen LogP contribution in [0.25, 0.3) is 0 Å². The van der Waals surface area contributed by atoms with Crippen LogP contribution in [0, 0.1) is 19.7 Å². The van der Waals surface area contributed by atoms with Crippen molar-refractivity contribution in [2.24, 2.45) is 12.8 Å². The van der Waals surface area contributed by atoms with E-state index in [-0.39, 0.29) is 11.9 Å². The van der Waals surface area contributed by atoms with E-state index in [2.05, 4.69) is 5.10 Å². The molecule has 0 aliphatic rings. The quantitative estimate of drug-likeness (QED) is 0.935. The molecule has 2 aromatic rings. The Balaban J connectivity index is 2.40. The maximum Gasteiger partial charge on any atom is 0.171 e. The van der Waals surface area contributed by atoms with Gasteiger partial charge in [0.05, 0.1) is 5.69 Å². The van der Waals surface area contributed by atoms with Crippen molar-refractivity contribution in [3.05, 3.63) is 41.0 Å². The normalized spacial score (nSPS) is 12.5. The fraction of sp³-hybridized carbons (Fsp3) is 0.400. The molecule has 1 aromatic carbocycles. The number of hydrogen-bond donors (Lipinski definition) is 1. The van der Waals surface area contributed by atoms with Gasteiger partial charge in [-0.05, 0) is 39.3 Å². The maximum absolute atomic E-state index is 14.0. The number of benzene rings is 1. The number of ether oxygens (including phenoxy) is 1. The minimum Gasteiger partial charge on any atom is -0.453 e. The molecule has 2 N–H and O–H groups in total. The molecule has 5 heteroatoms. The van der Waals surface area contributed by atoms with Gasteiger partial charge in [0.1, 0.15) is 17.3 Å². The van der Waals surface area contributed by atoms with E-state index < -0.39 is 0 Å². The summed E-state index contributed by atoms with van der Waals surface area (Å²) in [7, 11) is 1.85. The highest BCUT2D eigenvalue weighted by molar-refractivity contribution is 5.42. The Morgan fingerprint density at radius 1 is 1.40 bits per heavy atom. The molecule has 1 heterocycles. The first-order valence-electron chi connectivity index (χ1n) is 6.61. The van der Waals surface area contributed by atoms with Crippen LogP contribution in [0.4, 0.5) is 4.39 Å². The number of nitrogens with zero attached hydrogens (tertiary/aromatic N) is 2. The van der Waals surface area contributed by atoms with Crippen LogP contribution < -0.4 is 10.5 Å². The molecule has 1 atom stereocenters. The first kappa shape index (κ1) is 14.5. The molecule has 0 aliphatic heterocycles. The molecule has 0 bridgehead atoms. The molecule has 1 unspecified atom stereocenters. The third-order valence-electron chi connectivity index (χ3n) is 3.26. The van der Waals surface area contributed by atoms with Crippen molar-refractivity contribution >= 4 is 0 Å². The fourth-order valence-electron chi connectivity index (χ4n) is 2.17. The minimum atomic E-state index is -0.293. The van der Waals surface area contributed by atoms with Crippen LogP contribution in [-0.2, 0) is 13.5 Å². The summed E-state index contributed by atoms with van der Waals surface area (Å²) in [6.07, 6.45) is 0.431. The lowest BCUT2D eigenvalue weighted by atomic mass is 10.1. The number of nitrogens with two attached hydrogens (primary N) is 1. The Morgan fingerprint density at radius 3 is 2.65 bits per heavy atom. The van der Waals surface area contributed by atoms with Crippen molar-refractivity contribution in [1.82, 2.24) is 9.78 Å². The second-order valence-electron chi connectivity index (χ2n) is 5.12. The standard InChI is InChI=1S/C15H20FN3O/c1-9(17)8-12-13(16)6-5-7-14(12)20-15-10(2)18-19(4)11(15)3/h5-7,9H,8,17H2,1-4H3. The van der Waals surface area contributed by atoms with Crippen LogP contribution in [0.1, 0.15) is 23.9 Å². The van der Waals surface area contributed by atoms with Gasteiger partial charge in [-0.15, -0.1) is 0 Å². The van der Waals surface area contributed by atoms with Crippen molar-refractivity contribution in [2.75, 3.05) is 0 Å². The lowest BCUT2D eigenvalue weighted by Crippen LogP contribution is -2.19. The zero-order valence-electron chi connectivity index (χ0n) is 12.3. The fourth-order valence-corrected chi connectivity index (χ4v) is 2.17. The van der Waals surface area contributed by atoms with Gasteiger partial charge in [-0.2, -0.15) is 5.10 Å². The summed E-state index contributed by atoms with van der Waals surface area (Å²) in [5, 5.41) is 4.29. The number of aryl methyl sites for hydroxylation is 2. The first-order valence-corrected chi connectivity index (χ1v) is 6.61. The lowest BCUT2D eigenvalue weighted by Gasteiger charge is -2.14. The number of halogens is 1. The number of rotatable bonds is 4. The van der Waals surface area contributed by atoms with E-state index >= 15 is 0 Å². The molecule has 0 saturated heterocycles. The van der Waals surface area contributed by atoms with Gasteiger partial charge in [0.2, 0.25) is 0 Å². The summed E-state index contributed by atoms with van der Waals surface area (Å²) in [5.41, 5.74) is 7.97. The van der Waals surface area contributed by atoms with E-state index in [4.69, 9.17) is 10.5 Å². The van der Waals surface area contributed by atoms with Gasteiger partial charge in [-0.3, -0.25) is 4.68 Å². The second-order valence-corrected chi connectivity index (χ2v) is 5.12. The van der Waals surface area contributed by atoms with Gasteiger partial charge in [0.15, 0.2) is 5.75 Å². The molecule has 0 radical (unpaired) electrons. The Hall–Kier alpha value is -1.88. The molecule has 1 aromatic heterocycles.